The average molecular weight is 417 g/mol. The number of anilines is 2. The topological polar surface area (TPSA) is 166 Å². The molecule has 0 fully saturated rings. The quantitative estimate of drug-likeness (QED) is 0.524. The monoisotopic (exact) mass is 416 g/mol. The van der Waals surface area contributed by atoms with Crippen molar-refractivity contribution in [2.24, 2.45) is 0 Å². The maximum Gasteiger partial charge on any atom is 0.354 e. The van der Waals surface area contributed by atoms with Crippen LogP contribution in [0.15, 0.2) is 36.7 Å². The summed E-state index contributed by atoms with van der Waals surface area (Å²) in [4.78, 5) is 38.0. The predicted octanol–water partition coefficient (Wildman–Crippen LogP) is 0.848. The summed E-state index contributed by atoms with van der Waals surface area (Å²) in [5.74, 6) is -1.34. The molecule has 12 heteroatoms. The van der Waals surface area contributed by atoms with Gasteiger partial charge in [0.2, 0.25) is 0 Å². The third-order valence-electron chi connectivity index (χ3n) is 2.77. The van der Waals surface area contributed by atoms with Gasteiger partial charge in [0.25, 0.3) is 5.91 Å². The number of carbonyl (C=O) groups excluding carboxylic acids is 1. The van der Waals surface area contributed by atoms with Crippen molar-refractivity contribution in [2.75, 3.05) is 39.8 Å². The Labute approximate surface area is 169 Å². The van der Waals surface area contributed by atoms with E-state index in [0.717, 1.165) is 5.06 Å². The van der Waals surface area contributed by atoms with Crippen molar-refractivity contribution in [2.45, 2.75) is 0 Å². The fraction of sp³-hybridized carbons (Fsp3) is 0.250. The van der Waals surface area contributed by atoms with E-state index in [-0.39, 0.29) is 24.0 Å². The van der Waals surface area contributed by atoms with Crippen molar-refractivity contribution < 1.29 is 24.4 Å². The molecule has 0 radical (unpaired) electrons. The molecule has 0 unspecified atom stereocenters. The Morgan fingerprint density at radius 2 is 1.46 bits per heavy atom. The third kappa shape index (κ3) is 10.9. The Kier molecular flexibility index (Phi) is 14.7. The molecule has 2 heterocycles. The zero-order chi connectivity index (χ0) is 20.8. The van der Waals surface area contributed by atoms with E-state index in [1.807, 2.05) is 0 Å². The van der Waals surface area contributed by atoms with Gasteiger partial charge in [-0.1, -0.05) is 0 Å². The third-order valence-corrected chi connectivity index (χ3v) is 2.77. The Balaban J connectivity index is 0. The number of nitrogens with one attached hydrogen (secondary N) is 1. The fourth-order valence-corrected chi connectivity index (χ4v) is 1.31. The Hall–Kier alpha value is -2.99. The van der Waals surface area contributed by atoms with Gasteiger partial charge in [-0.2, -0.15) is 0 Å². The van der Waals surface area contributed by atoms with Gasteiger partial charge in [-0.15, -0.1) is 12.4 Å². The number of carboxylic acids is 1. The van der Waals surface area contributed by atoms with Crippen LogP contribution in [0.3, 0.4) is 0 Å². The van der Waals surface area contributed by atoms with Gasteiger partial charge >= 0.3 is 5.97 Å². The number of nitrogens with zero attached hydrogens (tertiary/aromatic N) is 3. The second-order valence-electron chi connectivity index (χ2n) is 4.65. The van der Waals surface area contributed by atoms with E-state index in [1.54, 1.807) is 26.3 Å². The minimum atomic E-state index is -1.04. The Bertz CT molecular complexity index is 698. The molecular weight excluding hydrogens is 392 g/mol. The zero-order valence-electron chi connectivity index (χ0n) is 15.9. The first-order valence-corrected chi connectivity index (χ1v) is 7.45. The van der Waals surface area contributed by atoms with E-state index >= 15 is 0 Å². The molecule has 2 aromatic heterocycles. The smallest absolute Gasteiger partial charge is 0.354 e. The number of amides is 1. The summed E-state index contributed by atoms with van der Waals surface area (Å²) >= 11 is 0. The number of hydrogen-bond acceptors (Lipinski definition) is 9. The molecule has 156 valence electrons. The molecule has 0 aliphatic heterocycles. The number of hydrogen-bond donors (Lipinski definition) is 4. The van der Waals surface area contributed by atoms with Crippen molar-refractivity contribution in [1.29, 1.82) is 0 Å². The molecule has 0 aliphatic carbocycles. The minimum Gasteiger partial charge on any atom is -0.477 e. The predicted molar refractivity (Wildman–Crippen MR) is 107 cm³/mol. The molecule has 28 heavy (non-hydrogen) atoms. The van der Waals surface area contributed by atoms with Gasteiger partial charge in [0.05, 0.1) is 38.0 Å². The highest BCUT2D eigenvalue weighted by atomic mass is 35.5. The lowest BCUT2D eigenvalue weighted by Gasteiger charge is -2.12. The van der Waals surface area contributed by atoms with E-state index in [9.17, 15) is 9.59 Å². The van der Waals surface area contributed by atoms with E-state index in [0.29, 0.717) is 17.1 Å². The summed E-state index contributed by atoms with van der Waals surface area (Å²) in [6, 6.07) is 6.02. The molecular formula is C16H25ClN6O5. The van der Waals surface area contributed by atoms with Gasteiger partial charge < -0.3 is 21.4 Å². The summed E-state index contributed by atoms with van der Waals surface area (Å²) in [7, 11) is 6.20. The fourth-order valence-electron chi connectivity index (χ4n) is 1.31. The largest absolute Gasteiger partial charge is 0.477 e. The molecule has 0 saturated heterocycles. The first-order chi connectivity index (χ1) is 12.8. The van der Waals surface area contributed by atoms with Crippen molar-refractivity contribution in [3.63, 3.8) is 0 Å². The lowest BCUT2D eigenvalue weighted by Crippen LogP contribution is -2.26. The number of nitrogen functional groups attached to an aromatic ring is 2. The van der Waals surface area contributed by atoms with E-state index in [4.69, 9.17) is 21.4 Å². The van der Waals surface area contributed by atoms with E-state index < -0.39 is 5.97 Å². The molecule has 0 spiro atoms. The molecule has 0 saturated carbocycles. The van der Waals surface area contributed by atoms with Gasteiger partial charge in [-0.25, -0.2) is 25.3 Å². The Morgan fingerprint density at radius 1 is 1.04 bits per heavy atom. The van der Waals surface area contributed by atoms with Crippen LogP contribution in [-0.4, -0.2) is 60.3 Å². The summed E-state index contributed by atoms with van der Waals surface area (Å²) in [6.45, 7) is 0. The number of carboxylic acid groups (broad SMARTS) is 1. The van der Waals surface area contributed by atoms with E-state index in [2.05, 4.69) is 20.3 Å². The normalized spacial score (nSPS) is 8.86. The van der Waals surface area contributed by atoms with E-state index in [1.165, 1.54) is 38.7 Å². The lowest BCUT2D eigenvalue weighted by atomic mass is 10.3. The zero-order valence-corrected chi connectivity index (χ0v) is 16.8. The molecule has 11 nitrogen and oxygen atoms in total. The SMILES string of the molecule is CNOC.CON(C)C(=O)c1ccc(N)cn1.Cl.Nc1ccc(C(=O)O)nc1. The van der Waals surface area contributed by atoms with Gasteiger partial charge in [-0.3, -0.25) is 9.63 Å². The first-order valence-electron chi connectivity index (χ1n) is 7.45. The molecule has 2 aromatic rings. The van der Waals surface area contributed by atoms with Crippen molar-refractivity contribution in [3.8, 4) is 0 Å². The number of pyridine rings is 2. The summed E-state index contributed by atoms with van der Waals surface area (Å²) in [5, 5.41) is 9.47. The molecule has 0 aliphatic rings. The number of hydroxylamine groups is 3. The standard InChI is InChI=1S/C8H11N3O2.C6H6N2O2.C2H7NO.ClH/c1-11(13-2)8(12)7-4-3-6(9)5-10-7;7-4-1-2-5(6(9)10)8-3-4;1-3-4-2;/h3-5H,9H2,1-2H3;1-3H,7H2,(H,9,10);3H,1-2H3;1H. The second kappa shape index (κ2) is 15.1. The number of nitrogens with two attached hydrogens (primary N) is 2. The average Bonchev–Trinajstić information content (AvgIpc) is 2.68. The van der Waals surface area contributed by atoms with Gasteiger partial charge in [-0.05, 0) is 24.3 Å². The van der Waals surface area contributed by atoms with Crippen LogP contribution in [0.5, 0.6) is 0 Å². The second-order valence-corrected chi connectivity index (χ2v) is 4.65. The highest BCUT2D eigenvalue weighted by Crippen LogP contribution is 2.03. The van der Waals surface area contributed by atoms with Crippen LogP contribution in [0.1, 0.15) is 21.0 Å². The highest BCUT2D eigenvalue weighted by molar-refractivity contribution is 5.91. The molecule has 0 aromatic carbocycles. The van der Waals surface area contributed by atoms with Crippen molar-refractivity contribution in [1.82, 2.24) is 20.5 Å². The van der Waals surface area contributed by atoms with Gasteiger partial charge in [0.15, 0.2) is 0 Å². The molecule has 0 bridgehead atoms. The van der Waals surface area contributed by atoms with Crippen LogP contribution in [0.2, 0.25) is 0 Å². The number of halogens is 1. The molecule has 6 N–H and O–H groups in total. The number of rotatable bonds is 4. The minimum absolute atomic E-state index is 0. The van der Waals surface area contributed by atoms with Gasteiger partial charge in [0, 0.05) is 14.1 Å². The number of carbonyl (C=O) groups is 2. The van der Waals surface area contributed by atoms with Crippen LogP contribution >= 0.6 is 12.4 Å². The van der Waals surface area contributed by atoms with Crippen LogP contribution in [0, 0.1) is 0 Å². The van der Waals surface area contributed by atoms with Crippen molar-refractivity contribution in [3.05, 3.63) is 48.0 Å². The summed E-state index contributed by atoms with van der Waals surface area (Å²) in [6.07, 6.45) is 2.74. The first kappa shape index (κ1) is 27.2. The highest BCUT2D eigenvalue weighted by Gasteiger charge is 2.11. The number of aromatic carboxylic acids is 1. The van der Waals surface area contributed by atoms with Crippen LogP contribution in [0.4, 0.5) is 11.4 Å². The maximum absolute atomic E-state index is 11.4. The number of aromatic nitrogens is 2. The Morgan fingerprint density at radius 3 is 1.75 bits per heavy atom. The maximum atomic E-state index is 11.4. The van der Waals surface area contributed by atoms with Crippen molar-refractivity contribution >= 4 is 35.7 Å². The van der Waals surface area contributed by atoms with Crippen LogP contribution in [-0.2, 0) is 9.68 Å². The van der Waals surface area contributed by atoms with Crippen LogP contribution in [0.25, 0.3) is 0 Å². The van der Waals surface area contributed by atoms with Gasteiger partial charge in [0.1, 0.15) is 11.4 Å². The molecule has 1 amide bonds. The molecule has 2 rings (SSSR count). The lowest BCUT2D eigenvalue weighted by molar-refractivity contribution is -0.0760. The molecule has 0 atom stereocenters. The summed E-state index contributed by atoms with van der Waals surface area (Å²) < 4.78 is 0. The van der Waals surface area contributed by atoms with Crippen LogP contribution < -0.4 is 16.9 Å². The summed E-state index contributed by atoms with van der Waals surface area (Å²) in [5.41, 5.74) is 14.4.